The molecule has 3 heterocycles. The van der Waals surface area contributed by atoms with E-state index in [1.165, 1.54) is 0 Å². The van der Waals surface area contributed by atoms with Gasteiger partial charge in [0, 0.05) is 11.5 Å². The van der Waals surface area contributed by atoms with E-state index >= 15 is 0 Å². The minimum Gasteiger partial charge on any atom is -0.438 e. The Labute approximate surface area is 212 Å². The highest BCUT2D eigenvalue weighted by Crippen LogP contribution is 2.50. The van der Waals surface area contributed by atoms with E-state index in [-0.39, 0.29) is 12.5 Å². The molecule has 7 rings (SSSR count). The Kier molecular flexibility index (Phi) is 5.10. The largest absolute Gasteiger partial charge is 0.438 e. The second-order valence-corrected chi connectivity index (χ2v) is 8.82. The van der Waals surface area contributed by atoms with Crippen molar-refractivity contribution in [3.63, 3.8) is 0 Å². The maximum absolute atomic E-state index is 6.36. The van der Waals surface area contributed by atoms with Gasteiger partial charge in [0.15, 0.2) is 18.1 Å². The number of benzene rings is 4. The van der Waals surface area contributed by atoms with Crippen molar-refractivity contribution in [2.24, 2.45) is 5.16 Å². The summed E-state index contributed by atoms with van der Waals surface area (Å²) in [4.78, 5) is 15.0. The Hall–Kier alpha value is -5.04. The third-order valence-electron chi connectivity index (χ3n) is 6.55. The summed E-state index contributed by atoms with van der Waals surface area (Å²) in [5, 5.41) is 11.0. The number of rotatable bonds is 5. The lowest BCUT2D eigenvalue weighted by Crippen LogP contribution is -2.15. The molecule has 37 heavy (non-hydrogen) atoms. The van der Waals surface area contributed by atoms with Crippen LogP contribution in [0.1, 0.15) is 34.0 Å². The highest BCUT2D eigenvalue weighted by Gasteiger charge is 2.34. The average molecular weight is 484 g/mol. The van der Waals surface area contributed by atoms with Crippen LogP contribution in [0.4, 0.5) is 0 Å². The van der Waals surface area contributed by atoms with Gasteiger partial charge in [-0.2, -0.15) is 0 Å². The van der Waals surface area contributed by atoms with Crippen molar-refractivity contribution in [2.75, 3.05) is 0 Å². The van der Waals surface area contributed by atoms with Crippen LogP contribution in [0.3, 0.4) is 0 Å². The van der Waals surface area contributed by atoms with Crippen LogP contribution < -0.4 is 4.74 Å². The van der Waals surface area contributed by atoms with Crippen LogP contribution in [0.15, 0.2) is 109 Å². The first kappa shape index (κ1) is 21.3. The van der Waals surface area contributed by atoms with E-state index in [1.54, 1.807) is 17.1 Å². The molecule has 0 saturated heterocycles. The Morgan fingerprint density at radius 2 is 1.65 bits per heavy atom. The first-order valence-electron chi connectivity index (χ1n) is 12.0. The second-order valence-electron chi connectivity index (χ2n) is 8.82. The maximum Gasteiger partial charge on any atom is 0.228 e. The van der Waals surface area contributed by atoms with Gasteiger partial charge in [0.2, 0.25) is 5.88 Å². The zero-order chi connectivity index (χ0) is 24.6. The van der Waals surface area contributed by atoms with Gasteiger partial charge in [0.1, 0.15) is 12.1 Å². The standard InChI is InChI=1S/C30H21N5O2/c1-3-9-20(10-4-1)17-32-36-18-25-33-29-28-26(22-12-5-2-6-13-22)27-23-14-8-7-11-21(23)15-16-24(27)37-30(28)31-19-35(29)34-25/h1-17,19,26H,18H2/b32-17-/t26-/m0/s1. The summed E-state index contributed by atoms with van der Waals surface area (Å²) < 4.78 is 8.04. The zero-order valence-electron chi connectivity index (χ0n) is 19.7. The summed E-state index contributed by atoms with van der Waals surface area (Å²) >= 11 is 0. The number of aromatic nitrogens is 4. The van der Waals surface area contributed by atoms with Crippen LogP contribution in [-0.2, 0) is 11.4 Å². The number of hydrogen-bond acceptors (Lipinski definition) is 6. The van der Waals surface area contributed by atoms with E-state index in [2.05, 4.69) is 69.8 Å². The smallest absolute Gasteiger partial charge is 0.228 e. The SMILES string of the molecule is C(=N/OCc1nc2c3c(ncn2n1)Oc1ccc2ccccc2c1[C@@H]3c1ccccc1)/c1ccccc1. The van der Waals surface area contributed by atoms with Crippen LogP contribution in [0.25, 0.3) is 16.4 Å². The predicted octanol–water partition coefficient (Wildman–Crippen LogP) is 6.11. The molecule has 0 fully saturated rings. The minimum atomic E-state index is -0.128. The highest BCUT2D eigenvalue weighted by atomic mass is 16.6. The molecule has 0 amide bonds. The molecule has 1 atom stereocenters. The van der Waals surface area contributed by atoms with Crippen LogP contribution >= 0.6 is 0 Å². The first-order valence-corrected chi connectivity index (χ1v) is 12.0. The zero-order valence-corrected chi connectivity index (χ0v) is 19.7. The van der Waals surface area contributed by atoms with Crippen LogP contribution in [0, 0.1) is 0 Å². The molecule has 6 aromatic rings. The number of ether oxygens (including phenoxy) is 1. The molecule has 7 heteroatoms. The lowest BCUT2D eigenvalue weighted by molar-refractivity contribution is 0.126. The molecule has 0 N–H and O–H groups in total. The van der Waals surface area contributed by atoms with E-state index in [0.29, 0.717) is 17.4 Å². The van der Waals surface area contributed by atoms with Gasteiger partial charge in [-0.15, -0.1) is 5.10 Å². The van der Waals surface area contributed by atoms with Crippen molar-refractivity contribution in [3.05, 3.63) is 131 Å². The van der Waals surface area contributed by atoms with Crippen molar-refractivity contribution in [1.29, 1.82) is 0 Å². The fourth-order valence-electron chi connectivity index (χ4n) is 4.92. The Balaban J connectivity index is 1.33. The Morgan fingerprint density at radius 1 is 0.865 bits per heavy atom. The fourth-order valence-corrected chi connectivity index (χ4v) is 4.92. The van der Waals surface area contributed by atoms with E-state index in [1.807, 2.05) is 42.5 Å². The van der Waals surface area contributed by atoms with E-state index in [0.717, 1.165) is 38.8 Å². The molecule has 0 radical (unpaired) electrons. The van der Waals surface area contributed by atoms with Gasteiger partial charge in [-0.3, -0.25) is 0 Å². The highest BCUT2D eigenvalue weighted by molar-refractivity contribution is 5.90. The van der Waals surface area contributed by atoms with Gasteiger partial charge in [-0.25, -0.2) is 14.5 Å². The van der Waals surface area contributed by atoms with Crippen molar-refractivity contribution >= 4 is 22.6 Å². The lowest BCUT2D eigenvalue weighted by atomic mass is 9.81. The molecular formula is C30H21N5O2. The Bertz CT molecular complexity index is 1760. The normalized spacial score (nSPS) is 14.4. The van der Waals surface area contributed by atoms with Gasteiger partial charge in [0.05, 0.1) is 11.8 Å². The maximum atomic E-state index is 6.36. The lowest BCUT2D eigenvalue weighted by Gasteiger charge is -2.29. The third kappa shape index (κ3) is 3.77. The minimum absolute atomic E-state index is 0.128. The number of fused-ring (bicyclic) bond motifs is 6. The van der Waals surface area contributed by atoms with Gasteiger partial charge >= 0.3 is 0 Å². The number of hydrogen-bond donors (Lipinski definition) is 0. The summed E-state index contributed by atoms with van der Waals surface area (Å²) in [6, 6.07) is 32.6. The predicted molar refractivity (Wildman–Crippen MR) is 141 cm³/mol. The van der Waals surface area contributed by atoms with Crippen molar-refractivity contribution < 1.29 is 9.57 Å². The van der Waals surface area contributed by atoms with Crippen LogP contribution in [0.2, 0.25) is 0 Å². The van der Waals surface area contributed by atoms with Gasteiger partial charge in [-0.05, 0) is 28.0 Å². The summed E-state index contributed by atoms with van der Waals surface area (Å²) in [6.07, 6.45) is 3.30. The van der Waals surface area contributed by atoms with E-state index < -0.39 is 0 Å². The summed E-state index contributed by atoms with van der Waals surface area (Å²) in [5.41, 5.74) is 4.75. The molecule has 0 bridgehead atoms. The molecule has 0 spiro atoms. The molecule has 1 aliphatic heterocycles. The molecule has 178 valence electrons. The molecular weight excluding hydrogens is 462 g/mol. The fraction of sp³-hybridized carbons (Fsp3) is 0.0667. The van der Waals surface area contributed by atoms with E-state index in [4.69, 9.17) is 14.6 Å². The molecule has 1 aliphatic rings. The molecule has 0 unspecified atom stereocenters. The average Bonchev–Trinajstić information content (AvgIpc) is 3.38. The monoisotopic (exact) mass is 483 g/mol. The van der Waals surface area contributed by atoms with Crippen molar-refractivity contribution in [2.45, 2.75) is 12.5 Å². The van der Waals surface area contributed by atoms with Crippen molar-refractivity contribution in [1.82, 2.24) is 19.6 Å². The molecule has 0 saturated carbocycles. The van der Waals surface area contributed by atoms with E-state index in [9.17, 15) is 0 Å². The summed E-state index contributed by atoms with van der Waals surface area (Å²) in [7, 11) is 0. The van der Waals surface area contributed by atoms with Gasteiger partial charge in [0.25, 0.3) is 0 Å². The molecule has 7 nitrogen and oxygen atoms in total. The van der Waals surface area contributed by atoms with Crippen LogP contribution in [-0.4, -0.2) is 25.8 Å². The van der Waals surface area contributed by atoms with Crippen LogP contribution in [0.5, 0.6) is 11.6 Å². The van der Waals surface area contributed by atoms with Gasteiger partial charge in [-0.1, -0.05) is 96.2 Å². The quantitative estimate of drug-likeness (QED) is 0.218. The summed E-state index contributed by atoms with van der Waals surface area (Å²) in [5.74, 6) is 1.72. The third-order valence-corrected chi connectivity index (χ3v) is 6.55. The Morgan fingerprint density at radius 3 is 2.51 bits per heavy atom. The topological polar surface area (TPSA) is 73.9 Å². The van der Waals surface area contributed by atoms with Gasteiger partial charge < -0.3 is 9.57 Å². The first-order chi connectivity index (χ1) is 18.3. The molecule has 2 aromatic heterocycles. The molecule has 0 aliphatic carbocycles. The van der Waals surface area contributed by atoms with Crippen molar-refractivity contribution in [3.8, 4) is 11.6 Å². The number of nitrogens with zero attached hydrogens (tertiary/aromatic N) is 5. The molecule has 4 aromatic carbocycles. The summed E-state index contributed by atoms with van der Waals surface area (Å²) in [6.45, 7) is 0.135. The second kappa shape index (κ2) is 8.87. The number of oxime groups is 1.